The van der Waals surface area contributed by atoms with Gasteiger partial charge in [0.2, 0.25) is 0 Å². The molecule has 15 aromatic rings. The van der Waals surface area contributed by atoms with Gasteiger partial charge in [-0.05, 0) is 176 Å². The van der Waals surface area contributed by atoms with E-state index in [1.54, 1.807) is 0 Å². The summed E-state index contributed by atoms with van der Waals surface area (Å²) < 4.78 is 4.89. The first-order chi connectivity index (χ1) is 40.7. The Morgan fingerprint density at radius 3 is 1.30 bits per heavy atom. The van der Waals surface area contributed by atoms with E-state index in [1.165, 1.54) is 77.0 Å². The number of aromatic nitrogens is 2. The largest absolute Gasteiger partial charge is 0.311 e. The van der Waals surface area contributed by atoms with Gasteiger partial charge < -0.3 is 14.0 Å². The number of fused-ring (bicyclic) bond motifs is 9. The van der Waals surface area contributed by atoms with Gasteiger partial charge in [0.1, 0.15) is 0 Å². The Morgan fingerprint density at radius 2 is 0.671 bits per heavy atom. The molecule has 0 saturated carbocycles. The molecule has 0 saturated heterocycles. The zero-order chi connectivity index (χ0) is 54.1. The van der Waals surface area contributed by atoms with E-state index in [2.05, 4.69) is 336 Å². The molecule has 0 bridgehead atoms. The molecule has 0 N–H and O–H groups in total. The lowest BCUT2D eigenvalue weighted by Crippen LogP contribution is -2.28. The summed E-state index contributed by atoms with van der Waals surface area (Å²) in [7, 11) is 0. The van der Waals surface area contributed by atoms with Crippen molar-refractivity contribution in [3.63, 3.8) is 0 Å². The van der Waals surface area contributed by atoms with Gasteiger partial charge in [0.25, 0.3) is 0 Å². The average Bonchev–Trinajstić information content (AvgIpc) is 2.44. The predicted octanol–water partition coefficient (Wildman–Crippen LogP) is 20.7. The zero-order valence-corrected chi connectivity index (χ0v) is 44.9. The van der Waals surface area contributed by atoms with Gasteiger partial charge in [-0.1, -0.05) is 212 Å². The van der Waals surface area contributed by atoms with Crippen molar-refractivity contribution in [3.05, 3.63) is 344 Å². The molecule has 1 aliphatic rings. The average molecular weight is 1040 g/mol. The summed E-state index contributed by atoms with van der Waals surface area (Å²) in [5.41, 5.74) is 24.4. The highest BCUT2D eigenvalue weighted by molar-refractivity contribution is 6.12. The minimum atomic E-state index is -0.463. The third-order valence-electron chi connectivity index (χ3n) is 17.1. The molecular weight excluding hydrogens is 991 g/mol. The van der Waals surface area contributed by atoms with Crippen molar-refractivity contribution in [3.8, 4) is 55.9 Å². The maximum absolute atomic E-state index is 2.47. The van der Waals surface area contributed by atoms with Crippen LogP contribution in [0.15, 0.2) is 322 Å². The van der Waals surface area contributed by atoms with Crippen molar-refractivity contribution in [2.24, 2.45) is 0 Å². The molecule has 3 nitrogen and oxygen atoms in total. The van der Waals surface area contributed by atoms with Crippen LogP contribution in [0, 0.1) is 0 Å². The molecule has 16 rings (SSSR count). The SMILES string of the molecule is c1ccc(N(c2ccccc2)c2ccc(-c3cc(-c4ccc5c(c4)c4ccccc4n5-c4ccc5c(c4)-c4ccccc4C5(c4ccccc4)c4ccccc4)cc(-c4ccc5c6ccccc6n(-c6ccccc6)c5c4)c3)cc2)cc1. The molecule has 0 fully saturated rings. The lowest BCUT2D eigenvalue weighted by Gasteiger charge is -2.33. The molecule has 1 aliphatic carbocycles. The van der Waals surface area contributed by atoms with Crippen molar-refractivity contribution in [2.75, 3.05) is 4.90 Å². The van der Waals surface area contributed by atoms with Crippen LogP contribution in [0.3, 0.4) is 0 Å². The van der Waals surface area contributed by atoms with Crippen LogP contribution in [-0.2, 0) is 5.41 Å². The van der Waals surface area contributed by atoms with Gasteiger partial charge in [0.15, 0.2) is 0 Å². The van der Waals surface area contributed by atoms with Crippen LogP contribution in [0.4, 0.5) is 17.1 Å². The van der Waals surface area contributed by atoms with E-state index >= 15 is 0 Å². The van der Waals surface area contributed by atoms with Crippen LogP contribution in [0.5, 0.6) is 0 Å². The summed E-state index contributed by atoms with van der Waals surface area (Å²) in [4.78, 5) is 2.32. The number of anilines is 3. The molecule has 82 heavy (non-hydrogen) atoms. The molecule has 0 atom stereocenters. The van der Waals surface area contributed by atoms with E-state index in [0.717, 1.165) is 61.8 Å². The third-order valence-corrected chi connectivity index (χ3v) is 17.1. The first kappa shape index (κ1) is 47.3. The van der Waals surface area contributed by atoms with Crippen molar-refractivity contribution in [2.45, 2.75) is 5.41 Å². The summed E-state index contributed by atoms with van der Waals surface area (Å²) in [5, 5.41) is 4.91. The van der Waals surface area contributed by atoms with Crippen molar-refractivity contribution < 1.29 is 0 Å². The minimum absolute atomic E-state index is 0.463. The van der Waals surface area contributed by atoms with Crippen LogP contribution >= 0.6 is 0 Å². The second-order valence-electron chi connectivity index (χ2n) is 21.6. The molecule has 13 aromatic carbocycles. The highest BCUT2D eigenvalue weighted by Gasteiger charge is 2.46. The lowest BCUT2D eigenvalue weighted by atomic mass is 9.68. The van der Waals surface area contributed by atoms with E-state index in [9.17, 15) is 0 Å². The number of benzene rings is 13. The molecule has 0 radical (unpaired) electrons. The standard InChI is InChI=1S/C79H53N3/c1-6-22-60(23-7-1)79(61-24-8-2-9-25-61)73-35-19-16-32-67(73)71-53-66(44-46-74(71)79)82-76-37-21-18-34-69(76)72-51-55(41-47-77(72)82)58-48-57(54-38-42-65(43-39-54)80(62-26-10-3-11-27-62)63-28-12-4-13-29-63)49-59(50-58)56-40-45-70-68-33-17-20-36-75(68)81(78(70)52-56)64-30-14-5-15-31-64/h1-53H. The van der Waals surface area contributed by atoms with Crippen LogP contribution < -0.4 is 4.90 Å². The van der Waals surface area contributed by atoms with E-state index in [4.69, 9.17) is 0 Å². The highest BCUT2D eigenvalue weighted by atomic mass is 15.1. The first-order valence-electron chi connectivity index (χ1n) is 28.3. The highest BCUT2D eigenvalue weighted by Crippen LogP contribution is 2.57. The van der Waals surface area contributed by atoms with Crippen molar-refractivity contribution in [1.29, 1.82) is 0 Å². The van der Waals surface area contributed by atoms with Gasteiger partial charge in [-0.3, -0.25) is 0 Å². The van der Waals surface area contributed by atoms with Crippen LogP contribution in [0.1, 0.15) is 22.3 Å². The summed E-state index contributed by atoms with van der Waals surface area (Å²) >= 11 is 0. The Bertz CT molecular complexity index is 4810. The molecule has 3 heteroatoms. The fourth-order valence-electron chi connectivity index (χ4n) is 13.5. The Hall–Kier alpha value is -10.7. The van der Waals surface area contributed by atoms with Gasteiger partial charge in [-0.2, -0.15) is 0 Å². The number of hydrogen-bond acceptors (Lipinski definition) is 1. The van der Waals surface area contributed by atoms with E-state index in [1.807, 2.05) is 0 Å². The number of hydrogen-bond donors (Lipinski definition) is 0. The Labute approximate surface area is 477 Å². The van der Waals surface area contributed by atoms with Crippen molar-refractivity contribution >= 4 is 60.7 Å². The fraction of sp³-hybridized carbons (Fsp3) is 0.0127. The molecule has 384 valence electrons. The van der Waals surface area contributed by atoms with Gasteiger partial charge in [0, 0.05) is 50.0 Å². The third kappa shape index (κ3) is 7.51. The minimum Gasteiger partial charge on any atom is -0.311 e. The Morgan fingerprint density at radius 1 is 0.232 bits per heavy atom. The molecule has 0 amide bonds. The summed E-state index contributed by atoms with van der Waals surface area (Å²) in [6.45, 7) is 0. The second-order valence-corrected chi connectivity index (χ2v) is 21.6. The van der Waals surface area contributed by atoms with Crippen molar-refractivity contribution in [1.82, 2.24) is 9.13 Å². The van der Waals surface area contributed by atoms with E-state index in [0.29, 0.717) is 0 Å². The number of para-hydroxylation sites is 5. The van der Waals surface area contributed by atoms with Gasteiger partial charge >= 0.3 is 0 Å². The molecule has 0 aliphatic heterocycles. The smallest absolute Gasteiger partial charge is 0.0713 e. The molecule has 0 unspecified atom stereocenters. The number of nitrogens with zero attached hydrogens (tertiary/aromatic N) is 3. The first-order valence-corrected chi connectivity index (χ1v) is 28.3. The Balaban J connectivity index is 0.865. The topological polar surface area (TPSA) is 13.1 Å². The maximum atomic E-state index is 2.47. The Kier molecular flexibility index (Phi) is 11.1. The summed E-state index contributed by atoms with van der Waals surface area (Å²) in [6.07, 6.45) is 0. The van der Waals surface area contributed by atoms with Crippen LogP contribution in [0.2, 0.25) is 0 Å². The molecule has 2 aromatic heterocycles. The zero-order valence-electron chi connectivity index (χ0n) is 44.9. The van der Waals surface area contributed by atoms with Gasteiger partial charge in [0.05, 0.1) is 27.5 Å². The summed E-state index contributed by atoms with van der Waals surface area (Å²) in [6, 6.07) is 118. The van der Waals surface area contributed by atoms with E-state index < -0.39 is 5.41 Å². The van der Waals surface area contributed by atoms with Gasteiger partial charge in [-0.25, -0.2) is 0 Å². The van der Waals surface area contributed by atoms with E-state index in [-0.39, 0.29) is 0 Å². The number of rotatable bonds is 10. The molecule has 0 spiro atoms. The fourth-order valence-corrected chi connectivity index (χ4v) is 13.5. The van der Waals surface area contributed by atoms with Gasteiger partial charge in [-0.15, -0.1) is 0 Å². The van der Waals surface area contributed by atoms with Crippen LogP contribution in [-0.4, -0.2) is 9.13 Å². The lowest BCUT2D eigenvalue weighted by molar-refractivity contribution is 0.768. The molecular formula is C79H53N3. The quantitative estimate of drug-likeness (QED) is 0.133. The van der Waals surface area contributed by atoms with Crippen LogP contribution in [0.25, 0.3) is 99.5 Å². The normalized spacial score (nSPS) is 12.5. The second kappa shape index (κ2) is 19.3. The molecule has 2 heterocycles. The predicted molar refractivity (Wildman–Crippen MR) is 343 cm³/mol. The maximum Gasteiger partial charge on any atom is 0.0713 e. The summed E-state index contributed by atoms with van der Waals surface area (Å²) in [5.74, 6) is 0. The monoisotopic (exact) mass is 1040 g/mol.